The van der Waals surface area contributed by atoms with Crippen LogP contribution in [0.1, 0.15) is 24.4 Å². The van der Waals surface area contributed by atoms with Crippen LogP contribution in [0.5, 0.6) is 11.5 Å². The van der Waals surface area contributed by atoms with Crippen molar-refractivity contribution in [2.45, 2.75) is 18.9 Å². The highest BCUT2D eigenvalue weighted by atomic mass is 35.5. The highest BCUT2D eigenvalue weighted by Gasteiger charge is 2.31. The van der Waals surface area contributed by atoms with E-state index in [1.54, 1.807) is 6.07 Å². The van der Waals surface area contributed by atoms with Gasteiger partial charge in [0.05, 0.1) is 16.6 Å². The number of benzene rings is 1. The minimum Gasteiger partial charge on any atom is -0.454 e. The molecule has 140 valence electrons. The van der Waals surface area contributed by atoms with Gasteiger partial charge in [-0.1, -0.05) is 6.08 Å². The first-order valence-electron chi connectivity index (χ1n) is 7.84. The van der Waals surface area contributed by atoms with Crippen molar-refractivity contribution >= 4 is 30.5 Å². The Kier molecular flexibility index (Phi) is 8.44. The van der Waals surface area contributed by atoms with Crippen LogP contribution in [0.4, 0.5) is 5.69 Å². The van der Waals surface area contributed by atoms with Gasteiger partial charge in [0.2, 0.25) is 6.79 Å². The van der Waals surface area contributed by atoms with Crippen LogP contribution < -0.4 is 14.8 Å². The van der Waals surface area contributed by atoms with Crippen LogP contribution in [-0.4, -0.2) is 42.8 Å². The fourth-order valence-corrected chi connectivity index (χ4v) is 3.18. The average molecular weight is 392 g/mol. The number of nitro groups is 1. The van der Waals surface area contributed by atoms with Crippen molar-refractivity contribution in [1.29, 1.82) is 0 Å². The number of nitrogens with zero attached hydrogens (tertiary/aromatic N) is 2. The fraction of sp³-hybridized carbons (Fsp3) is 0.500. The molecule has 0 saturated carbocycles. The van der Waals surface area contributed by atoms with Crippen LogP contribution in [0.3, 0.4) is 0 Å². The summed E-state index contributed by atoms with van der Waals surface area (Å²) in [6, 6.07) is 3.24. The molecule has 1 aromatic carbocycles. The van der Waals surface area contributed by atoms with Crippen molar-refractivity contribution in [2.75, 3.05) is 33.0 Å². The molecule has 2 aliphatic heterocycles. The number of allylic oxidation sites excluding steroid dienone is 1. The molecule has 1 aromatic rings. The molecular formula is C16H23Cl2N3O4. The second-order valence-electron chi connectivity index (χ2n) is 5.69. The molecule has 0 aromatic heterocycles. The summed E-state index contributed by atoms with van der Waals surface area (Å²) in [4.78, 5) is 13.5. The molecule has 1 atom stereocenters. The lowest BCUT2D eigenvalue weighted by Crippen LogP contribution is -2.45. The Balaban J connectivity index is 0.00000156. The van der Waals surface area contributed by atoms with E-state index in [0.717, 1.165) is 39.0 Å². The number of piperazine rings is 1. The normalized spacial score (nSPS) is 17.1. The molecule has 25 heavy (non-hydrogen) atoms. The zero-order chi connectivity index (χ0) is 16.2. The van der Waals surface area contributed by atoms with Crippen molar-refractivity contribution in [2.24, 2.45) is 0 Å². The first-order chi connectivity index (χ1) is 11.2. The van der Waals surface area contributed by atoms with Crippen LogP contribution >= 0.6 is 24.8 Å². The summed E-state index contributed by atoms with van der Waals surface area (Å²) in [6.45, 7) is 7.41. The van der Waals surface area contributed by atoms with Gasteiger partial charge in [0.25, 0.3) is 5.69 Å². The van der Waals surface area contributed by atoms with Crippen LogP contribution in [0.25, 0.3) is 0 Å². The predicted octanol–water partition coefficient (Wildman–Crippen LogP) is 3.08. The Morgan fingerprint density at radius 1 is 1.28 bits per heavy atom. The molecular weight excluding hydrogens is 369 g/mol. The molecule has 0 bridgehead atoms. The van der Waals surface area contributed by atoms with Crippen LogP contribution in [0.15, 0.2) is 24.8 Å². The molecule has 3 rings (SSSR count). The van der Waals surface area contributed by atoms with Crippen molar-refractivity contribution in [3.05, 3.63) is 40.5 Å². The highest BCUT2D eigenvalue weighted by molar-refractivity contribution is 5.85. The molecule has 1 N–H and O–H groups in total. The maximum absolute atomic E-state index is 11.5. The van der Waals surface area contributed by atoms with E-state index in [0.29, 0.717) is 17.1 Å². The first-order valence-corrected chi connectivity index (χ1v) is 7.84. The largest absolute Gasteiger partial charge is 0.454 e. The third-order valence-corrected chi connectivity index (χ3v) is 4.31. The van der Waals surface area contributed by atoms with Gasteiger partial charge in [-0.2, -0.15) is 0 Å². The van der Waals surface area contributed by atoms with Crippen molar-refractivity contribution in [3.63, 3.8) is 0 Å². The maximum Gasteiger partial charge on any atom is 0.278 e. The molecule has 0 radical (unpaired) electrons. The van der Waals surface area contributed by atoms with E-state index in [9.17, 15) is 10.1 Å². The molecule has 1 fully saturated rings. The van der Waals surface area contributed by atoms with E-state index in [1.807, 2.05) is 6.08 Å². The minimum atomic E-state index is -0.333. The lowest BCUT2D eigenvalue weighted by atomic mass is 9.97. The second kappa shape index (κ2) is 9.82. The van der Waals surface area contributed by atoms with Gasteiger partial charge in [0.15, 0.2) is 11.5 Å². The van der Waals surface area contributed by atoms with E-state index in [4.69, 9.17) is 9.47 Å². The summed E-state index contributed by atoms with van der Waals surface area (Å²) in [7, 11) is 0. The van der Waals surface area contributed by atoms with E-state index in [-0.39, 0.29) is 48.3 Å². The molecule has 9 heteroatoms. The molecule has 2 aliphatic rings. The fourth-order valence-electron chi connectivity index (χ4n) is 3.18. The Hall–Kier alpha value is -1.54. The van der Waals surface area contributed by atoms with Crippen molar-refractivity contribution < 1.29 is 14.4 Å². The Morgan fingerprint density at radius 2 is 1.92 bits per heavy atom. The zero-order valence-corrected chi connectivity index (χ0v) is 15.4. The monoisotopic (exact) mass is 391 g/mol. The lowest BCUT2D eigenvalue weighted by molar-refractivity contribution is -0.386. The molecule has 7 nitrogen and oxygen atoms in total. The van der Waals surface area contributed by atoms with E-state index >= 15 is 0 Å². The van der Waals surface area contributed by atoms with Crippen molar-refractivity contribution in [3.8, 4) is 11.5 Å². The van der Waals surface area contributed by atoms with Gasteiger partial charge >= 0.3 is 0 Å². The molecule has 0 amide bonds. The lowest BCUT2D eigenvalue weighted by Gasteiger charge is -2.35. The molecule has 0 spiro atoms. The Labute approximate surface area is 159 Å². The molecule has 2 heterocycles. The number of hydrogen-bond acceptors (Lipinski definition) is 6. The van der Waals surface area contributed by atoms with Crippen LogP contribution in [-0.2, 0) is 0 Å². The third-order valence-electron chi connectivity index (χ3n) is 4.31. The van der Waals surface area contributed by atoms with Gasteiger partial charge in [-0.25, -0.2) is 0 Å². The van der Waals surface area contributed by atoms with Gasteiger partial charge in [0.1, 0.15) is 0 Å². The topological polar surface area (TPSA) is 76.9 Å². The SMILES string of the molecule is C=CCC[C@H](c1cc2c(cc1[N+](=O)[O-])OCO2)N1CCNCC1.Cl.Cl. The predicted molar refractivity (Wildman–Crippen MR) is 100 cm³/mol. The summed E-state index contributed by atoms with van der Waals surface area (Å²) in [5.74, 6) is 1.03. The number of nitrogens with one attached hydrogen (secondary N) is 1. The number of halogens is 2. The molecule has 1 saturated heterocycles. The Morgan fingerprint density at radius 3 is 2.52 bits per heavy atom. The summed E-state index contributed by atoms with van der Waals surface area (Å²) in [5, 5.41) is 14.9. The van der Waals surface area contributed by atoms with Gasteiger partial charge in [-0.15, -0.1) is 31.4 Å². The number of hydrogen-bond donors (Lipinski definition) is 1. The summed E-state index contributed by atoms with van der Waals surface area (Å²) < 4.78 is 10.7. The molecule has 0 unspecified atom stereocenters. The Bertz CT molecular complexity index is 609. The summed E-state index contributed by atoms with van der Waals surface area (Å²) in [5.41, 5.74) is 0.796. The summed E-state index contributed by atoms with van der Waals surface area (Å²) >= 11 is 0. The number of ether oxygens (including phenoxy) is 2. The first kappa shape index (κ1) is 21.5. The van der Waals surface area contributed by atoms with Gasteiger partial charge in [0, 0.05) is 32.2 Å². The second-order valence-corrected chi connectivity index (χ2v) is 5.69. The third kappa shape index (κ3) is 4.76. The summed E-state index contributed by atoms with van der Waals surface area (Å²) in [6.07, 6.45) is 3.46. The minimum absolute atomic E-state index is 0. The number of rotatable bonds is 6. The van der Waals surface area contributed by atoms with E-state index < -0.39 is 0 Å². The van der Waals surface area contributed by atoms with Crippen LogP contribution in [0, 0.1) is 10.1 Å². The quantitative estimate of drug-likeness (QED) is 0.456. The van der Waals surface area contributed by atoms with E-state index in [2.05, 4.69) is 16.8 Å². The zero-order valence-electron chi connectivity index (χ0n) is 13.8. The highest BCUT2D eigenvalue weighted by Crippen LogP contribution is 2.42. The smallest absolute Gasteiger partial charge is 0.278 e. The van der Waals surface area contributed by atoms with E-state index in [1.165, 1.54) is 6.07 Å². The molecule has 0 aliphatic carbocycles. The van der Waals surface area contributed by atoms with Gasteiger partial charge in [-0.05, 0) is 18.9 Å². The standard InChI is InChI=1S/C16H21N3O4.2ClH/c1-2-3-4-13(18-7-5-17-6-8-18)12-9-15-16(23-11-22-15)10-14(12)19(20)21;;/h2,9-10,13,17H,1,3-8,11H2;2*1H/t13-;;/m1../s1. The van der Waals surface area contributed by atoms with Gasteiger partial charge in [-0.3, -0.25) is 15.0 Å². The number of fused-ring (bicyclic) bond motifs is 1. The maximum atomic E-state index is 11.5. The van der Waals surface area contributed by atoms with Crippen LogP contribution in [0.2, 0.25) is 0 Å². The number of nitro benzene ring substituents is 1. The van der Waals surface area contributed by atoms with Gasteiger partial charge < -0.3 is 14.8 Å². The average Bonchev–Trinajstić information content (AvgIpc) is 3.02. The van der Waals surface area contributed by atoms with Crippen molar-refractivity contribution in [1.82, 2.24) is 10.2 Å².